The highest BCUT2D eigenvalue weighted by Crippen LogP contribution is 2.31. The fraction of sp³-hybridized carbons (Fsp3) is 0.500. The predicted molar refractivity (Wildman–Crippen MR) is 70.4 cm³/mol. The van der Waals surface area contributed by atoms with Gasteiger partial charge in [0.05, 0.1) is 13.7 Å². The molecule has 2 rings (SSSR count). The van der Waals surface area contributed by atoms with Gasteiger partial charge in [0.25, 0.3) is 0 Å². The molecule has 1 saturated heterocycles. The van der Waals surface area contributed by atoms with Crippen molar-refractivity contribution in [1.82, 2.24) is 4.90 Å². The third-order valence-corrected chi connectivity index (χ3v) is 3.47. The average molecular weight is 248 g/mol. The number of amides is 1. The SMILES string of the molecule is COc1ccc(C2CCCCN2CC(N)=O)cc1. The van der Waals surface area contributed by atoms with E-state index in [1.54, 1.807) is 7.11 Å². The summed E-state index contributed by atoms with van der Waals surface area (Å²) in [6.45, 7) is 1.29. The molecule has 1 fully saturated rings. The zero-order valence-corrected chi connectivity index (χ0v) is 10.8. The van der Waals surface area contributed by atoms with Crippen molar-refractivity contribution in [3.8, 4) is 5.75 Å². The summed E-state index contributed by atoms with van der Waals surface area (Å²) in [5.41, 5.74) is 6.54. The molecule has 1 aromatic rings. The lowest BCUT2D eigenvalue weighted by Crippen LogP contribution is -2.39. The van der Waals surface area contributed by atoms with Crippen LogP contribution in [0.3, 0.4) is 0 Å². The van der Waals surface area contributed by atoms with Crippen LogP contribution < -0.4 is 10.5 Å². The topological polar surface area (TPSA) is 55.6 Å². The van der Waals surface area contributed by atoms with E-state index >= 15 is 0 Å². The number of nitrogens with zero attached hydrogens (tertiary/aromatic N) is 1. The van der Waals surface area contributed by atoms with Crippen molar-refractivity contribution in [2.45, 2.75) is 25.3 Å². The summed E-state index contributed by atoms with van der Waals surface area (Å²) >= 11 is 0. The van der Waals surface area contributed by atoms with Crippen LogP contribution in [0.15, 0.2) is 24.3 Å². The lowest BCUT2D eigenvalue weighted by atomic mass is 9.95. The molecule has 1 amide bonds. The van der Waals surface area contributed by atoms with E-state index in [0.717, 1.165) is 25.1 Å². The number of nitrogens with two attached hydrogens (primary N) is 1. The number of ether oxygens (including phenoxy) is 1. The molecule has 1 heterocycles. The summed E-state index contributed by atoms with van der Waals surface area (Å²) in [7, 11) is 1.66. The predicted octanol–water partition coefficient (Wildman–Crippen LogP) is 1.71. The zero-order chi connectivity index (χ0) is 13.0. The maximum Gasteiger partial charge on any atom is 0.231 e. The van der Waals surface area contributed by atoms with Gasteiger partial charge >= 0.3 is 0 Å². The zero-order valence-electron chi connectivity index (χ0n) is 10.8. The third kappa shape index (κ3) is 3.01. The van der Waals surface area contributed by atoms with E-state index in [2.05, 4.69) is 17.0 Å². The maximum absolute atomic E-state index is 11.1. The second-order valence-corrected chi connectivity index (χ2v) is 4.72. The first kappa shape index (κ1) is 12.9. The Morgan fingerprint density at radius 3 is 2.72 bits per heavy atom. The lowest BCUT2D eigenvalue weighted by molar-refractivity contribution is -0.120. The van der Waals surface area contributed by atoms with Gasteiger partial charge in [0.15, 0.2) is 0 Å². The van der Waals surface area contributed by atoms with Crippen LogP contribution in [0.4, 0.5) is 0 Å². The fourth-order valence-corrected chi connectivity index (χ4v) is 2.58. The molecule has 0 spiro atoms. The molecule has 2 N–H and O–H groups in total. The molecule has 0 aliphatic carbocycles. The monoisotopic (exact) mass is 248 g/mol. The van der Waals surface area contributed by atoms with Gasteiger partial charge in [0.1, 0.15) is 5.75 Å². The van der Waals surface area contributed by atoms with Crippen molar-refractivity contribution in [2.24, 2.45) is 5.73 Å². The van der Waals surface area contributed by atoms with E-state index < -0.39 is 0 Å². The number of primary amides is 1. The quantitative estimate of drug-likeness (QED) is 0.882. The number of hydrogen-bond acceptors (Lipinski definition) is 3. The van der Waals surface area contributed by atoms with Gasteiger partial charge in [-0.1, -0.05) is 18.6 Å². The minimum atomic E-state index is -0.254. The van der Waals surface area contributed by atoms with Crippen LogP contribution in [0.5, 0.6) is 5.75 Å². The Morgan fingerprint density at radius 2 is 2.11 bits per heavy atom. The van der Waals surface area contributed by atoms with E-state index in [4.69, 9.17) is 10.5 Å². The molecule has 4 heteroatoms. The number of carbonyl (C=O) groups is 1. The average Bonchev–Trinajstić information content (AvgIpc) is 2.39. The molecule has 4 nitrogen and oxygen atoms in total. The van der Waals surface area contributed by atoms with Crippen molar-refractivity contribution in [3.63, 3.8) is 0 Å². The van der Waals surface area contributed by atoms with Crippen LogP contribution in [-0.2, 0) is 4.79 Å². The standard InChI is InChI=1S/C14H20N2O2/c1-18-12-7-5-11(6-8-12)13-4-2-3-9-16(13)10-14(15)17/h5-8,13H,2-4,9-10H2,1H3,(H2,15,17). The van der Waals surface area contributed by atoms with Gasteiger partial charge < -0.3 is 10.5 Å². The Morgan fingerprint density at radius 1 is 1.39 bits per heavy atom. The Bertz CT molecular complexity index is 403. The van der Waals surface area contributed by atoms with E-state index in [0.29, 0.717) is 12.6 Å². The summed E-state index contributed by atoms with van der Waals surface area (Å²) in [4.78, 5) is 13.3. The third-order valence-electron chi connectivity index (χ3n) is 3.47. The minimum Gasteiger partial charge on any atom is -0.497 e. The molecule has 1 aromatic carbocycles. The first-order chi connectivity index (χ1) is 8.70. The van der Waals surface area contributed by atoms with Gasteiger partial charge in [0.2, 0.25) is 5.91 Å². The molecule has 0 bridgehead atoms. The highest BCUT2D eigenvalue weighted by atomic mass is 16.5. The van der Waals surface area contributed by atoms with Gasteiger partial charge in [-0.25, -0.2) is 0 Å². The van der Waals surface area contributed by atoms with Crippen molar-refractivity contribution in [3.05, 3.63) is 29.8 Å². The number of rotatable bonds is 4. The molecule has 1 atom stereocenters. The van der Waals surface area contributed by atoms with E-state index in [-0.39, 0.29) is 5.91 Å². The van der Waals surface area contributed by atoms with Crippen molar-refractivity contribution >= 4 is 5.91 Å². The molecule has 18 heavy (non-hydrogen) atoms. The number of hydrogen-bond donors (Lipinski definition) is 1. The van der Waals surface area contributed by atoms with Gasteiger partial charge in [-0.3, -0.25) is 9.69 Å². The maximum atomic E-state index is 11.1. The first-order valence-electron chi connectivity index (χ1n) is 6.37. The van der Waals surface area contributed by atoms with Crippen LogP contribution in [-0.4, -0.2) is 31.0 Å². The molecule has 1 unspecified atom stereocenters. The number of likely N-dealkylation sites (tertiary alicyclic amines) is 1. The van der Waals surface area contributed by atoms with Crippen LogP contribution in [0.2, 0.25) is 0 Å². The van der Waals surface area contributed by atoms with Gasteiger partial charge in [0, 0.05) is 6.04 Å². The van der Waals surface area contributed by atoms with E-state index in [9.17, 15) is 4.79 Å². The van der Waals surface area contributed by atoms with Crippen molar-refractivity contribution in [2.75, 3.05) is 20.2 Å². The van der Waals surface area contributed by atoms with Gasteiger partial charge in [-0.15, -0.1) is 0 Å². The molecular weight excluding hydrogens is 228 g/mol. The summed E-state index contributed by atoms with van der Waals surface area (Å²) in [5, 5.41) is 0. The summed E-state index contributed by atoms with van der Waals surface area (Å²) < 4.78 is 5.16. The molecular formula is C14H20N2O2. The second-order valence-electron chi connectivity index (χ2n) is 4.72. The van der Waals surface area contributed by atoms with Crippen LogP contribution in [0, 0.1) is 0 Å². The van der Waals surface area contributed by atoms with Gasteiger partial charge in [-0.2, -0.15) is 0 Å². The minimum absolute atomic E-state index is 0.254. The Balaban J connectivity index is 2.13. The normalized spacial score (nSPS) is 20.6. The number of benzene rings is 1. The summed E-state index contributed by atoms with van der Waals surface area (Å²) in [6, 6.07) is 8.38. The van der Waals surface area contributed by atoms with Crippen LogP contribution in [0.1, 0.15) is 30.9 Å². The molecule has 0 saturated carbocycles. The Labute approximate surface area is 108 Å². The van der Waals surface area contributed by atoms with E-state index in [1.165, 1.54) is 12.0 Å². The number of methoxy groups -OCH3 is 1. The van der Waals surface area contributed by atoms with Crippen LogP contribution in [0.25, 0.3) is 0 Å². The molecule has 1 aliphatic heterocycles. The summed E-state index contributed by atoms with van der Waals surface area (Å²) in [5.74, 6) is 0.603. The summed E-state index contributed by atoms with van der Waals surface area (Å²) in [6.07, 6.45) is 3.42. The largest absolute Gasteiger partial charge is 0.497 e. The van der Waals surface area contributed by atoms with Crippen LogP contribution >= 0.6 is 0 Å². The van der Waals surface area contributed by atoms with Gasteiger partial charge in [-0.05, 0) is 37.1 Å². The molecule has 1 aliphatic rings. The number of piperidine rings is 1. The van der Waals surface area contributed by atoms with Crippen molar-refractivity contribution in [1.29, 1.82) is 0 Å². The highest BCUT2D eigenvalue weighted by molar-refractivity contribution is 5.76. The Kier molecular flexibility index (Phi) is 4.20. The smallest absolute Gasteiger partial charge is 0.231 e. The Hall–Kier alpha value is -1.55. The molecule has 0 radical (unpaired) electrons. The second kappa shape index (κ2) is 5.87. The highest BCUT2D eigenvalue weighted by Gasteiger charge is 2.24. The first-order valence-corrected chi connectivity index (χ1v) is 6.37. The lowest BCUT2D eigenvalue weighted by Gasteiger charge is -2.35. The fourth-order valence-electron chi connectivity index (χ4n) is 2.58. The van der Waals surface area contributed by atoms with E-state index in [1.807, 2.05) is 12.1 Å². The number of carbonyl (C=O) groups excluding carboxylic acids is 1. The molecule has 0 aromatic heterocycles. The molecule has 98 valence electrons. The van der Waals surface area contributed by atoms with Crippen molar-refractivity contribution < 1.29 is 9.53 Å².